The fraction of sp³-hybridized carbons (Fsp3) is 0.455. The van der Waals surface area contributed by atoms with Crippen LogP contribution in [0.15, 0.2) is 6.07 Å². The third-order valence-electron chi connectivity index (χ3n) is 2.42. The first-order chi connectivity index (χ1) is 6.11. The Morgan fingerprint density at radius 3 is 2.38 bits per heavy atom. The van der Waals surface area contributed by atoms with Crippen molar-refractivity contribution in [2.45, 2.75) is 33.6 Å². The van der Waals surface area contributed by atoms with E-state index < -0.39 is 0 Å². The molecule has 0 radical (unpaired) electrons. The summed E-state index contributed by atoms with van der Waals surface area (Å²) < 4.78 is 0. The summed E-state index contributed by atoms with van der Waals surface area (Å²) in [7, 11) is 0. The number of aromatic hydroxyl groups is 1. The van der Waals surface area contributed by atoms with Crippen LogP contribution in [-0.4, -0.2) is 5.11 Å². The molecule has 0 heterocycles. The molecule has 0 aliphatic heterocycles. The van der Waals surface area contributed by atoms with Gasteiger partial charge in [0.15, 0.2) is 0 Å². The summed E-state index contributed by atoms with van der Waals surface area (Å²) in [5, 5.41) is 10.5. The second kappa shape index (κ2) is 4.01. The number of rotatable bonds is 2. The zero-order valence-corrected chi connectivity index (χ0v) is 9.07. The van der Waals surface area contributed by atoms with Crippen molar-refractivity contribution in [3.63, 3.8) is 0 Å². The number of halogens is 1. The maximum Gasteiger partial charge on any atom is 0.119 e. The first-order valence-corrected chi connectivity index (χ1v) is 4.99. The molecule has 0 aliphatic rings. The van der Waals surface area contributed by atoms with E-state index in [9.17, 15) is 5.11 Å². The Hall–Kier alpha value is -0.690. The van der Waals surface area contributed by atoms with Gasteiger partial charge in [-0.25, -0.2) is 0 Å². The van der Waals surface area contributed by atoms with Crippen LogP contribution in [0.1, 0.15) is 30.5 Å². The van der Waals surface area contributed by atoms with Gasteiger partial charge in [0.2, 0.25) is 0 Å². The van der Waals surface area contributed by atoms with Crippen LogP contribution in [0.25, 0.3) is 0 Å². The summed E-state index contributed by atoms with van der Waals surface area (Å²) >= 11 is 6.14. The monoisotopic (exact) mass is 198 g/mol. The molecule has 0 atom stereocenters. The largest absolute Gasteiger partial charge is 0.508 e. The van der Waals surface area contributed by atoms with Crippen molar-refractivity contribution in [3.8, 4) is 5.75 Å². The molecule has 1 N–H and O–H groups in total. The van der Waals surface area contributed by atoms with Crippen LogP contribution in [0.5, 0.6) is 5.75 Å². The fourth-order valence-corrected chi connectivity index (χ4v) is 1.89. The highest BCUT2D eigenvalue weighted by Gasteiger charge is 2.10. The van der Waals surface area contributed by atoms with E-state index in [0.717, 1.165) is 34.6 Å². The molecule has 1 rings (SSSR count). The standard InChI is InChI=1S/C11H15ClO/c1-4-8-6-10(13)9(5-2)7(3)11(8)12/h6,13H,4-5H2,1-3H3. The predicted molar refractivity (Wildman–Crippen MR) is 56.6 cm³/mol. The van der Waals surface area contributed by atoms with Crippen LogP contribution >= 0.6 is 11.6 Å². The van der Waals surface area contributed by atoms with Gasteiger partial charge < -0.3 is 5.11 Å². The van der Waals surface area contributed by atoms with Crippen molar-refractivity contribution >= 4 is 11.6 Å². The van der Waals surface area contributed by atoms with E-state index in [4.69, 9.17) is 11.6 Å². The average Bonchev–Trinajstić information content (AvgIpc) is 2.12. The van der Waals surface area contributed by atoms with E-state index in [-0.39, 0.29) is 0 Å². The Bertz CT molecular complexity index is 318. The first kappa shape index (κ1) is 10.4. The minimum atomic E-state index is 0.376. The molecule has 1 aromatic carbocycles. The minimum Gasteiger partial charge on any atom is -0.508 e. The maximum atomic E-state index is 9.67. The molecule has 13 heavy (non-hydrogen) atoms. The van der Waals surface area contributed by atoms with E-state index in [0.29, 0.717) is 5.75 Å². The molecule has 0 saturated carbocycles. The Morgan fingerprint density at radius 2 is 1.92 bits per heavy atom. The van der Waals surface area contributed by atoms with Crippen LogP contribution in [0.4, 0.5) is 0 Å². The van der Waals surface area contributed by atoms with Gasteiger partial charge in [0.25, 0.3) is 0 Å². The Morgan fingerprint density at radius 1 is 1.31 bits per heavy atom. The molecule has 0 aromatic heterocycles. The van der Waals surface area contributed by atoms with Crippen LogP contribution in [-0.2, 0) is 12.8 Å². The zero-order valence-electron chi connectivity index (χ0n) is 8.32. The molecule has 0 bridgehead atoms. The number of hydrogen-bond acceptors (Lipinski definition) is 1. The summed E-state index contributed by atoms with van der Waals surface area (Å²) in [5.74, 6) is 0.376. The van der Waals surface area contributed by atoms with E-state index in [1.165, 1.54) is 0 Å². The second-order valence-electron chi connectivity index (χ2n) is 3.18. The number of phenolic OH excluding ortho intramolecular Hbond substituents is 1. The van der Waals surface area contributed by atoms with Gasteiger partial charge >= 0.3 is 0 Å². The smallest absolute Gasteiger partial charge is 0.119 e. The third kappa shape index (κ3) is 1.80. The highest BCUT2D eigenvalue weighted by molar-refractivity contribution is 6.32. The Labute approximate surface area is 84.4 Å². The van der Waals surface area contributed by atoms with Crippen LogP contribution in [0.3, 0.4) is 0 Å². The summed E-state index contributed by atoms with van der Waals surface area (Å²) in [6, 6.07) is 1.77. The van der Waals surface area contributed by atoms with Crippen molar-refractivity contribution in [1.82, 2.24) is 0 Å². The zero-order chi connectivity index (χ0) is 10.0. The molecule has 2 heteroatoms. The van der Waals surface area contributed by atoms with Crippen LogP contribution < -0.4 is 0 Å². The lowest BCUT2D eigenvalue weighted by Gasteiger charge is -2.11. The van der Waals surface area contributed by atoms with E-state index in [1.54, 1.807) is 6.07 Å². The Kier molecular flexibility index (Phi) is 3.21. The fourth-order valence-electron chi connectivity index (χ4n) is 1.58. The molecule has 0 unspecified atom stereocenters. The van der Waals surface area contributed by atoms with Crippen LogP contribution in [0, 0.1) is 6.92 Å². The van der Waals surface area contributed by atoms with Gasteiger partial charge in [-0.05, 0) is 42.5 Å². The Balaban J connectivity index is 3.37. The summed E-state index contributed by atoms with van der Waals surface area (Å²) in [6.45, 7) is 6.01. The number of benzene rings is 1. The summed E-state index contributed by atoms with van der Waals surface area (Å²) in [5.41, 5.74) is 3.00. The van der Waals surface area contributed by atoms with E-state index in [2.05, 4.69) is 0 Å². The topological polar surface area (TPSA) is 20.2 Å². The lowest BCUT2D eigenvalue weighted by Crippen LogP contribution is -1.93. The molecular formula is C11H15ClO. The predicted octanol–water partition coefficient (Wildman–Crippen LogP) is 3.48. The maximum absolute atomic E-state index is 9.67. The van der Waals surface area contributed by atoms with Gasteiger partial charge in [-0.2, -0.15) is 0 Å². The highest BCUT2D eigenvalue weighted by Crippen LogP contribution is 2.31. The first-order valence-electron chi connectivity index (χ1n) is 4.61. The molecule has 0 amide bonds. The minimum absolute atomic E-state index is 0.376. The normalized spacial score (nSPS) is 10.5. The number of phenols is 1. The lowest BCUT2D eigenvalue weighted by atomic mass is 10.0. The molecule has 0 spiro atoms. The van der Waals surface area contributed by atoms with Crippen molar-refractivity contribution in [2.75, 3.05) is 0 Å². The van der Waals surface area contributed by atoms with Crippen molar-refractivity contribution < 1.29 is 5.11 Å². The molecular weight excluding hydrogens is 184 g/mol. The van der Waals surface area contributed by atoms with Gasteiger partial charge in [0.1, 0.15) is 5.75 Å². The van der Waals surface area contributed by atoms with Gasteiger partial charge in [-0.1, -0.05) is 25.4 Å². The van der Waals surface area contributed by atoms with Crippen molar-refractivity contribution in [3.05, 3.63) is 27.8 Å². The quantitative estimate of drug-likeness (QED) is 0.772. The van der Waals surface area contributed by atoms with Crippen LogP contribution in [0.2, 0.25) is 5.02 Å². The average molecular weight is 199 g/mol. The molecule has 0 aliphatic carbocycles. The molecule has 1 aromatic rings. The molecule has 0 fully saturated rings. The number of aryl methyl sites for hydroxylation is 1. The van der Waals surface area contributed by atoms with Crippen molar-refractivity contribution in [2.24, 2.45) is 0 Å². The van der Waals surface area contributed by atoms with Gasteiger partial charge in [-0.15, -0.1) is 0 Å². The van der Waals surface area contributed by atoms with E-state index >= 15 is 0 Å². The van der Waals surface area contributed by atoms with Gasteiger partial charge in [0, 0.05) is 5.02 Å². The van der Waals surface area contributed by atoms with Gasteiger partial charge in [0.05, 0.1) is 0 Å². The summed E-state index contributed by atoms with van der Waals surface area (Å²) in [4.78, 5) is 0. The second-order valence-corrected chi connectivity index (χ2v) is 3.56. The lowest BCUT2D eigenvalue weighted by molar-refractivity contribution is 0.467. The third-order valence-corrected chi connectivity index (χ3v) is 2.94. The molecule has 0 saturated heterocycles. The van der Waals surface area contributed by atoms with Crippen molar-refractivity contribution in [1.29, 1.82) is 0 Å². The molecule has 72 valence electrons. The van der Waals surface area contributed by atoms with Gasteiger partial charge in [-0.3, -0.25) is 0 Å². The SMILES string of the molecule is CCc1cc(O)c(CC)c(C)c1Cl. The molecule has 1 nitrogen and oxygen atoms in total. The highest BCUT2D eigenvalue weighted by atomic mass is 35.5. The number of hydrogen-bond donors (Lipinski definition) is 1. The van der Waals surface area contributed by atoms with E-state index in [1.807, 2.05) is 20.8 Å². The summed E-state index contributed by atoms with van der Waals surface area (Å²) in [6.07, 6.45) is 1.68.